The summed E-state index contributed by atoms with van der Waals surface area (Å²) in [6, 6.07) is 3.58. The Kier molecular flexibility index (Phi) is 7.50. The molecule has 0 radical (unpaired) electrons. The molecule has 2 N–H and O–H groups in total. The maximum atomic E-state index is 13.2. The number of nitrogens with zero attached hydrogens (tertiary/aromatic N) is 2. The van der Waals surface area contributed by atoms with E-state index in [-0.39, 0.29) is 18.0 Å². The van der Waals surface area contributed by atoms with Gasteiger partial charge in [0.05, 0.1) is 18.2 Å². The van der Waals surface area contributed by atoms with E-state index in [9.17, 15) is 9.59 Å². The molecule has 36 heavy (non-hydrogen) atoms. The molecular weight excluding hydrogens is 492 g/mol. The molecule has 0 fully saturated rings. The van der Waals surface area contributed by atoms with Gasteiger partial charge >= 0.3 is 12.0 Å². The first-order valence-electron chi connectivity index (χ1n) is 12.9. The molecule has 2 aliphatic rings. The monoisotopic (exact) mass is 526 g/mol. The van der Waals surface area contributed by atoms with Gasteiger partial charge in [-0.1, -0.05) is 6.92 Å². The molecule has 2 amide bonds. The number of nitrogens with one attached hydrogen (secondary N) is 2. The first-order chi connectivity index (χ1) is 17.5. The molecule has 3 aromatic rings. The fourth-order valence-electron chi connectivity index (χ4n) is 5.33. The third-order valence-corrected chi connectivity index (χ3v) is 9.56. The Bertz CT molecular complexity index is 1240. The largest absolute Gasteiger partial charge is 0.462 e. The van der Waals surface area contributed by atoms with E-state index in [2.05, 4.69) is 39.4 Å². The Morgan fingerprint density at radius 2 is 1.83 bits per heavy atom. The van der Waals surface area contributed by atoms with Crippen LogP contribution in [0.2, 0.25) is 0 Å². The molecule has 1 aliphatic heterocycles. The molecule has 3 aromatic heterocycles. The smallest absolute Gasteiger partial charge is 0.341 e. The normalized spacial score (nSPS) is 16.2. The number of thiophene rings is 2. The van der Waals surface area contributed by atoms with E-state index in [1.165, 1.54) is 32.2 Å². The van der Waals surface area contributed by atoms with Crippen LogP contribution in [0.3, 0.4) is 0 Å². The minimum absolute atomic E-state index is 0.184. The van der Waals surface area contributed by atoms with E-state index in [1.807, 2.05) is 37.3 Å². The van der Waals surface area contributed by atoms with Crippen molar-refractivity contribution in [3.05, 3.63) is 56.5 Å². The molecule has 5 rings (SSSR count). The SMILES string of the molecule is CCOC(=O)c1c(NC(=O)N[C@@H](C)c2c(-n3cccc3)sc3c2CCN(CC)C3)sc2c1CCCC2. The van der Waals surface area contributed by atoms with Gasteiger partial charge in [0.1, 0.15) is 10.0 Å². The Morgan fingerprint density at radius 1 is 1.06 bits per heavy atom. The molecular formula is C27H34N4O3S2. The van der Waals surface area contributed by atoms with Gasteiger partial charge in [0.2, 0.25) is 0 Å². The number of anilines is 1. The van der Waals surface area contributed by atoms with Gasteiger partial charge in [0.25, 0.3) is 0 Å². The van der Waals surface area contributed by atoms with Crippen LogP contribution in [0.4, 0.5) is 9.80 Å². The van der Waals surface area contributed by atoms with Crippen molar-refractivity contribution in [1.29, 1.82) is 0 Å². The minimum Gasteiger partial charge on any atom is -0.462 e. The fraction of sp³-hybridized carbons (Fsp3) is 0.481. The summed E-state index contributed by atoms with van der Waals surface area (Å²) in [5, 5.41) is 7.94. The second-order valence-corrected chi connectivity index (χ2v) is 11.6. The topological polar surface area (TPSA) is 75.6 Å². The van der Waals surface area contributed by atoms with E-state index in [0.29, 0.717) is 17.2 Å². The third kappa shape index (κ3) is 4.84. The van der Waals surface area contributed by atoms with Crippen molar-refractivity contribution in [3.63, 3.8) is 0 Å². The Balaban J connectivity index is 1.40. The van der Waals surface area contributed by atoms with Gasteiger partial charge in [0.15, 0.2) is 0 Å². The quantitative estimate of drug-likeness (QED) is 0.375. The molecule has 0 bridgehead atoms. The van der Waals surface area contributed by atoms with Crippen molar-refractivity contribution in [1.82, 2.24) is 14.8 Å². The maximum Gasteiger partial charge on any atom is 0.341 e. The summed E-state index contributed by atoms with van der Waals surface area (Å²) in [7, 11) is 0. The van der Waals surface area contributed by atoms with Crippen LogP contribution >= 0.6 is 22.7 Å². The van der Waals surface area contributed by atoms with Crippen LogP contribution in [0.1, 0.15) is 76.5 Å². The second-order valence-electron chi connectivity index (χ2n) is 9.39. The van der Waals surface area contributed by atoms with E-state index >= 15 is 0 Å². The van der Waals surface area contributed by atoms with Crippen LogP contribution in [0, 0.1) is 0 Å². The highest BCUT2D eigenvalue weighted by atomic mass is 32.1. The van der Waals surface area contributed by atoms with E-state index in [4.69, 9.17) is 4.74 Å². The highest BCUT2D eigenvalue weighted by molar-refractivity contribution is 7.17. The molecule has 0 aromatic carbocycles. The molecule has 9 heteroatoms. The summed E-state index contributed by atoms with van der Waals surface area (Å²) < 4.78 is 7.49. The lowest BCUT2D eigenvalue weighted by Crippen LogP contribution is -2.33. The van der Waals surface area contributed by atoms with Crippen molar-refractivity contribution in [2.75, 3.05) is 25.0 Å². The summed E-state index contributed by atoms with van der Waals surface area (Å²) in [5.74, 6) is -0.345. The summed E-state index contributed by atoms with van der Waals surface area (Å²) in [4.78, 5) is 31.1. The number of hydrogen-bond donors (Lipinski definition) is 2. The fourth-order valence-corrected chi connectivity index (χ4v) is 8.05. The molecule has 0 saturated carbocycles. The summed E-state index contributed by atoms with van der Waals surface area (Å²) >= 11 is 3.33. The molecule has 7 nitrogen and oxygen atoms in total. The van der Waals surface area contributed by atoms with Gasteiger partial charge in [-0.3, -0.25) is 10.2 Å². The van der Waals surface area contributed by atoms with Crippen molar-refractivity contribution in [2.24, 2.45) is 0 Å². The van der Waals surface area contributed by atoms with Crippen molar-refractivity contribution >= 4 is 39.7 Å². The van der Waals surface area contributed by atoms with Gasteiger partial charge in [-0.15, -0.1) is 22.7 Å². The summed E-state index contributed by atoms with van der Waals surface area (Å²) in [5.41, 5.74) is 4.14. The summed E-state index contributed by atoms with van der Waals surface area (Å²) in [6.45, 7) is 9.39. The van der Waals surface area contributed by atoms with Gasteiger partial charge in [-0.25, -0.2) is 9.59 Å². The standard InChI is InChI=1S/C27H34N4O3S2/c1-4-30-15-12-19-21(16-30)36-25(31-13-8-9-14-31)22(19)17(3)28-27(33)29-24-23(26(32)34-5-2)18-10-6-7-11-20(18)35-24/h8-9,13-14,17H,4-7,10-12,15-16H2,1-3H3,(H2,28,29,33)/t17-/m0/s1. The predicted octanol–water partition coefficient (Wildman–Crippen LogP) is 5.92. The third-order valence-electron chi connectivity index (χ3n) is 7.10. The number of ether oxygens (including phenoxy) is 1. The van der Waals surface area contributed by atoms with Crippen molar-refractivity contribution in [2.45, 2.75) is 65.5 Å². The number of urea groups is 1. The van der Waals surface area contributed by atoms with Crippen LogP contribution in [-0.2, 0) is 30.5 Å². The summed E-state index contributed by atoms with van der Waals surface area (Å²) in [6.07, 6.45) is 9.07. The number of aromatic nitrogens is 1. The number of rotatable bonds is 7. The highest BCUT2D eigenvalue weighted by Gasteiger charge is 2.30. The van der Waals surface area contributed by atoms with E-state index in [1.54, 1.807) is 0 Å². The number of likely N-dealkylation sites (N-methyl/N-ethyl adjacent to an activating group) is 1. The Labute approximate surface area is 220 Å². The molecule has 1 atom stereocenters. The van der Waals surface area contributed by atoms with E-state index in [0.717, 1.165) is 62.3 Å². The van der Waals surface area contributed by atoms with E-state index < -0.39 is 0 Å². The highest BCUT2D eigenvalue weighted by Crippen LogP contribution is 2.40. The van der Waals surface area contributed by atoms with Gasteiger partial charge < -0.3 is 14.6 Å². The maximum absolute atomic E-state index is 13.2. The van der Waals surface area contributed by atoms with Crippen LogP contribution in [0.5, 0.6) is 0 Å². The zero-order valence-corrected chi connectivity index (χ0v) is 22.8. The number of carbonyl (C=O) groups excluding carboxylic acids is 2. The molecule has 4 heterocycles. The average Bonchev–Trinajstić information content (AvgIpc) is 3.60. The average molecular weight is 527 g/mol. The number of amides is 2. The number of fused-ring (bicyclic) bond motifs is 2. The zero-order chi connectivity index (χ0) is 25.2. The lowest BCUT2D eigenvalue weighted by molar-refractivity contribution is 0.0526. The molecule has 0 saturated heterocycles. The number of esters is 1. The zero-order valence-electron chi connectivity index (χ0n) is 21.2. The molecule has 0 spiro atoms. The minimum atomic E-state index is -0.345. The van der Waals surface area contributed by atoms with Crippen LogP contribution in [0.25, 0.3) is 5.00 Å². The molecule has 192 valence electrons. The number of hydrogen-bond acceptors (Lipinski definition) is 6. The number of aryl methyl sites for hydroxylation is 1. The van der Waals surface area contributed by atoms with Crippen LogP contribution in [-0.4, -0.2) is 41.2 Å². The lowest BCUT2D eigenvalue weighted by atomic mass is 9.95. The van der Waals surface area contributed by atoms with Crippen molar-refractivity contribution < 1.29 is 14.3 Å². The Hall–Kier alpha value is -2.62. The van der Waals surface area contributed by atoms with Gasteiger partial charge in [0, 0.05) is 40.8 Å². The van der Waals surface area contributed by atoms with Crippen LogP contribution < -0.4 is 10.6 Å². The van der Waals surface area contributed by atoms with Gasteiger partial charge in [-0.05, 0) is 75.8 Å². The molecule has 1 aliphatic carbocycles. The van der Waals surface area contributed by atoms with Gasteiger partial charge in [-0.2, -0.15) is 0 Å². The number of carbonyl (C=O) groups is 2. The Morgan fingerprint density at radius 3 is 2.58 bits per heavy atom. The van der Waals surface area contributed by atoms with Crippen LogP contribution in [0.15, 0.2) is 24.5 Å². The van der Waals surface area contributed by atoms with Crippen molar-refractivity contribution in [3.8, 4) is 5.00 Å². The first kappa shape index (κ1) is 25.0. The lowest BCUT2D eigenvalue weighted by Gasteiger charge is -2.26. The molecule has 0 unspecified atom stereocenters. The second kappa shape index (κ2) is 10.8. The first-order valence-corrected chi connectivity index (χ1v) is 14.5. The predicted molar refractivity (Wildman–Crippen MR) is 146 cm³/mol.